The molecule has 12 heavy (non-hydrogen) atoms. The molecule has 0 aromatic carbocycles. The molecule has 2 aromatic rings. The minimum absolute atomic E-state index is 0.490. The lowest BCUT2D eigenvalue weighted by molar-refractivity contribution is 1.03. The summed E-state index contributed by atoms with van der Waals surface area (Å²) < 4.78 is 0. The zero-order chi connectivity index (χ0) is 8.72. The van der Waals surface area contributed by atoms with E-state index in [0.717, 1.165) is 11.1 Å². The van der Waals surface area contributed by atoms with Crippen molar-refractivity contribution in [3.8, 4) is 0 Å². The van der Waals surface area contributed by atoms with Gasteiger partial charge < -0.3 is 5.73 Å². The highest BCUT2D eigenvalue weighted by atomic mass is 15.2. The minimum atomic E-state index is 0.490. The summed E-state index contributed by atoms with van der Waals surface area (Å²) in [5.41, 5.74) is 7.23. The number of aromatic amines is 1. The van der Waals surface area contributed by atoms with Gasteiger partial charge in [-0.05, 0) is 13.8 Å². The Morgan fingerprint density at radius 3 is 2.75 bits per heavy atom. The van der Waals surface area contributed by atoms with Crippen LogP contribution >= 0.6 is 0 Å². The van der Waals surface area contributed by atoms with Crippen LogP contribution < -0.4 is 5.73 Å². The molecule has 2 aromatic heterocycles. The molecular weight excluding hydrogens is 154 g/mol. The van der Waals surface area contributed by atoms with Crippen molar-refractivity contribution in [2.45, 2.75) is 13.8 Å². The Kier molecular flexibility index (Phi) is 1.27. The zero-order valence-electron chi connectivity index (χ0n) is 6.92. The maximum atomic E-state index is 5.69. The maximum absolute atomic E-state index is 5.69. The number of H-pyrrole nitrogens is 1. The lowest BCUT2D eigenvalue weighted by Gasteiger charge is -1.96. The van der Waals surface area contributed by atoms with Gasteiger partial charge in [0, 0.05) is 5.69 Å². The summed E-state index contributed by atoms with van der Waals surface area (Å²) in [6, 6.07) is 0. The Morgan fingerprint density at radius 2 is 2.00 bits per heavy atom. The van der Waals surface area contributed by atoms with Crippen LogP contribution in [0.15, 0.2) is 0 Å². The Hall–Kier alpha value is -1.65. The number of hydrogen-bond acceptors (Lipinski definition) is 4. The number of aryl methyl sites for hydroxylation is 2. The summed E-state index contributed by atoms with van der Waals surface area (Å²) >= 11 is 0. The minimum Gasteiger partial charge on any atom is -0.383 e. The van der Waals surface area contributed by atoms with Gasteiger partial charge in [-0.1, -0.05) is 0 Å². The predicted molar refractivity (Wildman–Crippen MR) is 45.6 cm³/mol. The first kappa shape index (κ1) is 7.02. The molecule has 3 N–H and O–H groups in total. The summed E-state index contributed by atoms with van der Waals surface area (Å²) in [6.45, 7) is 3.68. The number of nitrogens with zero attached hydrogens (tertiary/aromatic N) is 3. The Balaban J connectivity index is 2.93. The van der Waals surface area contributed by atoms with Gasteiger partial charge in [-0.2, -0.15) is 5.10 Å². The summed E-state index contributed by atoms with van der Waals surface area (Å²) in [4.78, 5) is 8.17. The van der Waals surface area contributed by atoms with Crippen LogP contribution in [0.25, 0.3) is 11.0 Å². The third-order valence-corrected chi connectivity index (χ3v) is 1.73. The highest BCUT2D eigenvalue weighted by molar-refractivity contribution is 5.87. The average Bonchev–Trinajstić information content (AvgIpc) is 2.31. The first-order chi connectivity index (χ1) is 5.68. The molecule has 62 valence electrons. The molecule has 2 rings (SSSR count). The molecule has 0 aliphatic carbocycles. The fraction of sp³-hybridized carbons (Fsp3) is 0.286. The van der Waals surface area contributed by atoms with E-state index < -0.39 is 0 Å². The Bertz CT molecular complexity index is 431. The fourth-order valence-corrected chi connectivity index (χ4v) is 1.21. The molecule has 0 radical (unpaired) electrons. The molecule has 2 heterocycles. The van der Waals surface area contributed by atoms with Gasteiger partial charge in [0.2, 0.25) is 0 Å². The molecule has 0 fully saturated rings. The number of aromatic nitrogens is 4. The van der Waals surface area contributed by atoms with E-state index >= 15 is 0 Å². The standard InChI is InChI=1S/C7H9N5/c1-3-5-6(8)9-4(2)10-7(5)12-11-3/h1-2H3,(H3,8,9,10,11,12). The van der Waals surface area contributed by atoms with Crippen LogP contribution in [-0.4, -0.2) is 20.2 Å². The second-order valence-electron chi connectivity index (χ2n) is 2.70. The van der Waals surface area contributed by atoms with Gasteiger partial charge in [0.05, 0.1) is 5.39 Å². The topological polar surface area (TPSA) is 80.5 Å². The first-order valence-electron chi connectivity index (χ1n) is 3.63. The zero-order valence-corrected chi connectivity index (χ0v) is 6.92. The monoisotopic (exact) mass is 163 g/mol. The smallest absolute Gasteiger partial charge is 0.186 e. The fourth-order valence-electron chi connectivity index (χ4n) is 1.21. The molecule has 0 spiro atoms. The van der Waals surface area contributed by atoms with Crippen molar-refractivity contribution in [2.24, 2.45) is 0 Å². The Labute approximate surface area is 69.0 Å². The number of rotatable bonds is 0. The predicted octanol–water partition coefficient (Wildman–Crippen LogP) is 0.552. The van der Waals surface area contributed by atoms with E-state index in [9.17, 15) is 0 Å². The van der Waals surface area contributed by atoms with Gasteiger partial charge in [0.15, 0.2) is 5.65 Å². The molecule has 0 amide bonds. The molecule has 0 bridgehead atoms. The molecule has 0 unspecified atom stereocenters. The van der Waals surface area contributed by atoms with E-state index in [4.69, 9.17) is 5.73 Å². The van der Waals surface area contributed by atoms with Crippen molar-refractivity contribution >= 4 is 16.9 Å². The number of nitrogens with one attached hydrogen (secondary N) is 1. The van der Waals surface area contributed by atoms with Crippen molar-refractivity contribution in [1.82, 2.24) is 20.2 Å². The Morgan fingerprint density at radius 1 is 1.25 bits per heavy atom. The summed E-state index contributed by atoms with van der Waals surface area (Å²) in [7, 11) is 0. The second-order valence-corrected chi connectivity index (χ2v) is 2.70. The van der Waals surface area contributed by atoms with Crippen molar-refractivity contribution in [3.05, 3.63) is 11.5 Å². The van der Waals surface area contributed by atoms with Gasteiger partial charge in [-0.3, -0.25) is 5.10 Å². The van der Waals surface area contributed by atoms with Crippen molar-refractivity contribution in [1.29, 1.82) is 0 Å². The van der Waals surface area contributed by atoms with E-state index in [-0.39, 0.29) is 0 Å². The van der Waals surface area contributed by atoms with E-state index in [0.29, 0.717) is 17.3 Å². The third kappa shape index (κ3) is 0.827. The molecule has 0 atom stereocenters. The van der Waals surface area contributed by atoms with E-state index in [2.05, 4.69) is 20.2 Å². The van der Waals surface area contributed by atoms with Crippen molar-refractivity contribution in [2.75, 3.05) is 5.73 Å². The van der Waals surface area contributed by atoms with Crippen LogP contribution in [0.5, 0.6) is 0 Å². The average molecular weight is 163 g/mol. The highest BCUT2D eigenvalue weighted by Gasteiger charge is 2.07. The first-order valence-corrected chi connectivity index (χ1v) is 3.63. The molecule has 0 aliphatic rings. The third-order valence-electron chi connectivity index (χ3n) is 1.73. The van der Waals surface area contributed by atoms with Crippen LogP contribution in [0.2, 0.25) is 0 Å². The second kappa shape index (κ2) is 2.17. The van der Waals surface area contributed by atoms with Gasteiger partial charge in [0.1, 0.15) is 11.6 Å². The maximum Gasteiger partial charge on any atom is 0.186 e. The molecule has 5 nitrogen and oxygen atoms in total. The van der Waals surface area contributed by atoms with Crippen LogP contribution in [0.3, 0.4) is 0 Å². The van der Waals surface area contributed by atoms with Crippen LogP contribution in [-0.2, 0) is 0 Å². The summed E-state index contributed by atoms with van der Waals surface area (Å²) in [6.07, 6.45) is 0. The highest BCUT2D eigenvalue weighted by Crippen LogP contribution is 2.18. The van der Waals surface area contributed by atoms with Gasteiger partial charge in [-0.15, -0.1) is 0 Å². The number of hydrogen-bond donors (Lipinski definition) is 2. The lowest BCUT2D eigenvalue weighted by Crippen LogP contribution is -1.96. The van der Waals surface area contributed by atoms with Crippen molar-refractivity contribution < 1.29 is 0 Å². The van der Waals surface area contributed by atoms with Crippen LogP contribution in [0.1, 0.15) is 11.5 Å². The number of fused-ring (bicyclic) bond motifs is 1. The quantitative estimate of drug-likeness (QED) is 0.594. The molecule has 0 saturated carbocycles. The van der Waals surface area contributed by atoms with Crippen LogP contribution in [0.4, 0.5) is 5.82 Å². The largest absolute Gasteiger partial charge is 0.383 e. The molecule has 5 heteroatoms. The number of nitrogens with two attached hydrogens (primary N) is 1. The van der Waals surface area contributed by atoms with Crippen molar-refractivity contribution in [3.63, 3.8) is 0 Å². The number of nitrogen functional groups attached to an aromatic ring is 1. The summed E-state index contributed by atoms with van der Waals surface area (Å²) in [5.74, 6) is 1.13. The lowest BCUT2D eigenvalue weighted by atomic mass is 10.3. The SMILES string of the molecule is Cc1nc(N)c2c(C)[nH]nc2n1. The number of anilines is 1. The summed E-state index contributed by atoms with van der Waals surface area (Å²) in [5, 5.41) is 7.62. The normalized spacial score (nSPS) is 10.8. The van der Waals surface area contributed by atoms with E-state index in [1.165, 1.54) is 0 Å². The molecule has 0 aliphatic heterocycles. The van der Waals surface area contributed by atoms with Gasteiger partial charge >= 0.3 is 0 Å². The molecule has 0 saturated heterocycles. The van der Waals surface area contributed by atoms with Gasteiger partial charge in [0.25, 0.3) is 0 Å². The van der Waals surface area contributed by atoms with Gasteiger partial charge in [-0.25, -0.2) is 9.97 Å². The van der Waals surface area contributed by atoms with E-state index in [1.807, 2.05) is 6.92 Å². The van der Waals surface area contributed by atoms with E-state index in [1.54, 1.807) is 6.92 Å². The molecular formula is C7H9N5. The van der Waals surface area contributed by atoms with Crippen LogP contribution in [0, 0.1) is 13.8 Å².